The molecule has 2 aromatic rings. The molecular weight excluding hydrogens is 404 g/mol. The highest BCUT2D eigenvalue weighted by molar-refractivity contribution is 7.90. The van der Waals surface area contributed by atoms with Gasteiger partial charge in [-0.05, 0) is 42.0 Å². The number of pyridine rings is 1. The van der Waals surface area contributed by atoms with Crippen LogP contribution in [0.25, 0.3) is 0 Å². The second-order valence-corrected chi connectivity index (χ2v) is 7.96. The molecule has 1 aliphatic rings. The Hall–Kier alpha value is -3.54. The third kappa shape index (κ3) is 4.16. The summed E-state index contributed by atoms with van der Waals surface area (Å²) < 4.78 is 32.0. The molecule has 0 spiro atoms. The number of fused-ring (bicyclic) bond motifs is 1. The van der Waals surface area contributed by atoms with Gasteiger partial charge in [-0.2, -0.15) is 0 Å². The zero-order valence-electron chi connectivity index (χ0n) is 15.4. The highest BCUT2D eigenvalue weighted by Crippen LogP contribution is 2.33. The number of hydrogen-bond acceptors (Lipinski definition) is 8. The summed E-state index contributed by atoms with van der Waals surface area (Å²) in [7, 11) is -4.15. The first-order valence-corrected chi connectivity index (χ1v) is 9.82. The lowest BCUT2D eigenvalue weighted by molar-refractivity contribution is -0.389. The summed E-state index contributed by atoms with van der Waals surface area (Å²) in [6.07, 6.45) is -0.979. The van der Waals surface area contributed by atoms with Gasteiger partial charge in [0, 0.05) is 6.07 Å². The number of nitro groups is 1. The van der Waals surface area contributed by atoms with E-state index in [4.69, 9.17) is 4.74 Å². The summed E-state index contributed by atoms with van der Waals surface area (Å²) in [4.78, 5) is 39.5. The number of anilines is 1. The van der Waals surface area contributed by atoms with Crippen molar-refractivity contribution in [3.8, 4) is 5.75 Å². The third-order valence-electron chi connectivity index (χ3n) is 4.07. The van der Waals surface area contributed by atoms with Crippen molar-refractivity contribution in [3.05, 3.63) is 52.1 Å². The average molecular weight is 420 g/mol. The molecule has 1 aromatic heterocycles. The quantitative estimate of drug-likeness (QED) is 0.554. The molecule has 29 heavy (non-hydrogen) atoms. The standard InChI is InChI=1S/C17H16N4O7S/c1-10-3-5-12(6-4-10)29(26,27)19-15(22)9-20-16-13(28-11(2)17(20)23)7-8-14(18-16)21(24)25/h3-8,11H,9H2,1-2H3,(H,19,22). The number of sulfonamides is 1. The van der Waals surface area contributed by atoms with Crippen LogP contribution in [0.3, 0.4) is 0 Å². The number of amides is 2. The van der Waals surface area contributed by atoms with Crippen LogP contribution in [-0.4, -0.2) is 42.8 Å². The van der Waals surface area contributed by atoms with Crippen LogP contribution < -0.4 is 14.4 Å². The first kappa shape index (κ1) is 20.2. The third-order valence-corrected chi connectivity index (χ3v) is 5.46. The molecule has 2 heterocycles. The second kappa shape index (κ2) is 7.47. The monoisotopic (exact) mass is 420 g/mol. The Morgan fingerprint density at radius 3 is 2.55 bits per heavy atom. The van der Waals surface area contributed by atoms with Crippen molar-refractivity contribution in [2.75, 3.05) is 11.4 Å². The number of rotatable bonds is 5. The van der Waals surface area contributed by atoms with Gasteiger partial charge < -0.3 is 14.9 Å². The van der Waals surface area contributed by atoms with Crippen molar-refractivity contribution in [3.63, 3.8) is 0 Å². The molecule has 11 nitrogen and oxygen atoms in total. The van der Waals surface area contributed by atoms with Crippen molar-refractivity contribution >= 4 is 33.5 Å². The average Bonchev–Trinajstić information content (AvgIpc) is 2.65. The normalized spacial score (nSPS) is 16.0. The summed E-state index contributed by atoms with van der Waals surface area (Å²) >= 11 is 0. The van der Waals surface area contributed by atoms with Crippen molar-refractivity contribution in [1.82, 2.24) is 9.71 Å². The van der Waals surface area contributed by atoms with Crippen LogP contribution in [-0.2, 0) is 19.6 Å². The van der Waals surface area contributed by atoms with E-state index in [2.05, 4.69) is 4.98 Å². The highest BCUT2D eigenvalue weighted by Gasteiger charge is 2.38. The van der Waals surface area contributed by atoms with E-state index < -0.39 is 45.2 Å². The van der Waals surface area contributed by atoms with E-state index in [0.717, 1.165) is 16.5 Å². The SMILES string of the molecule is Cc1ccc(S(=O)(=O)NC(=O)CN2C(=O)C(C)Oc3ccc([N+](=O)[O-])nc32)cc1. The zero-order chi connectivity index (χ0) is 21.3. The maximum atomic E-state index is 12.4. The van der Waals surface area contributed by atoms with Gasteiger partial charge in [0.25, 0.3) is 27.7 Å². The summed E-state index contributed by atoms with van der Waals surface area (Å²) in [6.45, 7) is 2.50. The number of aromatic nitrogens is 1. The summed E-state index contributed by atoms with van der Waals surface area (Å²) in [5, 5.41) is 11.0. The number of carbonyl (C=O) groups is 2. The van der Waals surface area contributed by atoms with E-state index in [0.29, 0.717) is 0 Å². The zero-order valence-corrected chi connectivity index (χ0v) is 16.2. The van der Waals surface area contributed by atoms with Crippen LogP contribution in [0.5, 0.6) is 5.75 Å². The Bertz CT molecular complexity index is 1100. The second-order valence-electron chi connectivity index (χ2n) is 6.27. The van der Waals surface area contributed by atoms with Crippen LogP contribution in [0.1, 0.15) is 12.5 Å². The predicted octanol–water partition coefficient (Wildman–Crippen LogP) is 0.917. The molecule has 0 aliphatic carbocycles. The largest absolute Gasteiger partial charge is 0.475 e. The minimum absolute atomic E-state index is 0.0666. The number of nitrogens with zero attached hydrogens (tertiary/aromatic N) is 3. The van der Waals surface area contributed by atoms with Crippen molar-refractivity contribution in [2.24, 2.45) is 0 Å². The number of hydrogen-bond donors (Lipinski definition) is 1. The smallest absolute Gasteiger partial charge is 0.366 e. The van der Waals surface area contributed by atoms with Gasteiger partial charge in [-0.15, -0.1) is 0 Å². The van der Waals surface area contributed by atoms with E-state index in [1.54, 1.807) is 19.1 Å². The Labute approximate surface area is 165 Å². The van der Waals surface area contributed by atoms with Gasteiger partial charge >= 0.3 is 5.82 Å². The molecule has 1 N–H and O–H groups in total. The molecule has 0 saturated heterocycles. The van der Waals surface area contributed by atoms with E-state index in [-0.39, 0.29) is 16.5 Å². The fraction of sp³-hybridized carbons (Fsp3) is 0.235. The van der Waals surface area contributed by atoms with Gasteiger partial charge in [-0.3, -0.25) is 14.5 Å². The van der Waals surface area contributed by atoms with Crippen LogP contribution in [0.4, 0.5) is 11.6 Å². The lowest BCUT2D eigenvalue weighted by Gasteiger charge is -2.28. The molecule has 1 aromatic carbocycles. The highest BCUT2D eigenvalue weighted by atomic mass is 32.2. The van der Waals surface area contributed by atoms with Crippen LogP contribution in [0, 0.1) is 17.0 Å². The molecule has 0 bridgehead atoms. The topological polar surface area (TPSA) is 149 Å². The fourth-order valence-electron chi connectivity index (χ4n) is 2.63. The molecule has 0 fully saturated rings. The first-order valence-electron chi connectivity index (χ1n) is 8.34. The predicted molar refractivity (Wildman–Crippen MR) is 99.8 cm³/mol. The maximum Gasteiger partial charge on any atom is 0.366 e. The van der Waals surface area contributed by atoms with Gasteiger partial charge in [0.2, 0.25) is 0 Å². The molecule has 3 rings (SSSR count). The van der Waals surface area contributed by atoms with E-state index >= 15 is 0 Å². The summed E-state index contributed by atoms with van der Waals surface area (Å²) in [5.74, 6) is -2.41. The molecule has 0 saturated carbocycles. The lowest BCUT2D eigenvalue weighted by Crippen LogP contribution is -2.49. The van der Waals surface area contributed by atoms with Crippen molar-refractivity contribution in [2.45, 2.75) is 24.8 Å². The Morgan fingerprint density at radius 2 is 1.93 bits per heavy atom. The van der Waals surface area contributed by atoms with Gasteiger partial charge in [-0.1, -0.05) is 17.7 Å². The first-order chi connectivity index (χ1) is 13.6. The van der Waals surface area contributed by atoms with Gasteiger partial charge in [0.15, 0.2) is 11.9 Å². The van der Waals surface area contributed by atoms with Gasteiger partial charge in [-0.25, -0.2) is 13.1 Å². The summed E-state index contributed by atoms with van der Waals surface area (Å²) in [5.41, 5.74) is 0.840. The Balaban J connectivity index is 1.86. The number of carbonyl (C=O) groups excluding carboxylic acids is 2. The van der Waals surface area contributed by atoms with Crippen molar-refractivity contribution < 1.29 is 27.7 Å². The Morgan fingerprint density at radius 1 is 1.28 bits per heavy atom. The molecule has 2 amide bonds. The Kier molecular flexibility index (Phi) is 5.20. The molecule has 12 heteroatoms. The van der Waals surface area contributed by atoms with Crippen molar-refractivity contribution in [1.29, 1.82) is 0 Å². The number of nitrogens with one attached hydrogen (secondary N) is 1. The molecule has 1 atom stereocenters. The number of aryl methyl sites for hydroxylation is 1. The minimum atomic E-state index is -4.15. The molecule has 1 aliphatic heterocycles. The maximum absolute atomic E-state index is 12.4. The number of benzene rings is 1. The fourth-order valence-corrected chi connectivity index (χ4v) is 3.61. The molecular formula is C17H16N4O7S. The minimum Gasteiger partial charge on any atom is -0.475 e. The van der Waals surface area contributed by atoms with Gasteiger partial charge in [0.1, 0.15) is 6.54 Å². The molecule has 1 unspecified atom stereocenters. The van der Waals surface area contributed by atoms with Crippen LogP contribution in [0.2, 0.25) is 0 Å². The van der Waals surface area contributed by atoms with Gasteiger partial charge in [0.05, 0.1) is 4.90 Å². The van der Waals surface area contributed by atoms with E-state index in [9.17, 15) is 28.1 Å². The summed E-state index contributed by atoms with van der Waals surface area (Å²) in [6, 6.07) is 8.19. The van der Waals surface area contributed by atoms with Crippen LogP contribution >= 0.6 is 0 Å². The van der Waals surface area contributed by atoms with Crippen LogP contribution in [0.15, 0.2) is 41.3 Å². The van der Waals surface area contributed by atoms with E-state index in [1.807, 2.05) is 4.72 Å². The van der Waals surface area contributed by atoms with E-state index in [1.165, 1.54) is 25.1 Å². The molecule has 0 radical (unpaired) electrons. The number of ether oxygens (including phenoxy) is 1. The lowest BCUT2D eigenvalue weighted by atomic mass is 10.2. The molecule has 152 valence electrons.